The molecule has 3 rings (SSSR count). The van der Waals surface area contributed by atoms with Crippen LogP contribution in [0, 0.1) is 0 Å². The Morgan fingerprint density at radius 2 is 1.86 bits per heavy atom. The quantitative estimate of drug-likeness (QED) is 0.120. The zero-order chi connectivity index (χ0) is 32.4. The lowest BCUT2D eigenvalue weighted by atomic mass is 10.1. The molecule has 14 nitrogen and oxygen atoms in total. The number of primary amides is 1. The van der Waals surface area contributed by atoms with Gasteiger partial charge in [-0.3, -0.25) is 28.9 Å². The standard InChI is InChI=1S/C22H39N3O7.C7H12N2O2/c1-15-7-6-9-24(15)19(28)17(14-26)25-20(29)22(25,5)32-10-8-21(3,4)31-12-11-30-16(2)13-18(23)27;1-8-7(11)6-3-2-4-9(6)5-10/h15-17,26H,6-14H2,1-5H3,(H2,23,27);5-6H,2-4H2,1H3,(H,8,11). The van der Waals surface area contributed by atoms with Crippen LogP contribution >= 0.6 is 0 Å². The van der Waals surface area contributed by atoms with E-state index < -0.39 is 29.9 Å². The predicted octanol–water partition coefficient (Wildman–Crippen LogP) is -0.248. The van der Waals surface area contributed by atoms with E-state index in [1.54, 1.807) is 30.7 Å². The fourth-order valence-electron chi connectivity index (χ4n) is 5.44. The van der Waals surface area contributed by atoms with E-state index in [0.29, 0.717) is 32.7 Å². The molecule has 3 aliphatic heterocycles. The molecule has 0 spiro atoms. The lowest BCUT2D eigenvalue weighted by molar-refractivity contribution is -0.140. The molecule has 0 aromatic rings. The number of carbonyl (C=O) groups excluding carboxylic acids is 5. The molecule has 0 bridgehead atoms. The number of aliphatic hydroxyl groups excluding tert-OH is 1. The van der Waals surface area contributed by atoms with Crippen LogP contribution in [0.1, 0.15) is 73.1 Å². The second kappa shape index (κ2) is 16.3. The van der Waals surface area contributed by atoms with Gasteiger partial charge in [0.05, 0.1) is 44.6 Å². The first-order valence-electron chi connectivity index (χ1n) is 15.1. The molecule has 3 fully saturated rings. The fourth-order valence-corrected chi connectivity index (χ4v) is 5.44. The van der Waals surface area contributed by atoms with Crippen molar-refractivity contribution >= 4 is 30.0 Å². The van der Waals surface area contributed by atoms with Crippen molar-refractivity contribution in [2.45, 2.75) is 109 Å². The molecule has 0 saturated carbocycles. The molecule has 14 heteroatoms. The van der Waals surface area contributed by atoms with E-state index in [4.69, 9.17) is 19.9 Å². The number of hydrogen-bond acceptors (Lipinski definition) is 9. The molecule has 3 aliphatic rings. The Kier molecular flexibility index (Phi) is 13.8. The summed E-state index contributed by atoms with van der Waals surface area (Å²) in [6.45, 7) is 11.0. The number of rotatable bonds is 16. The maximum absolute atomic E-state index is 12.8. The highest BCUT2D eigenvalue weighted by Gasteiger charge is 2.65. The molecule has 3 heterocycles. The van der Waals surface area contributed by atoms with Crippen molar-refractivity contribution in [2.24, 2.45) is 5.73 Å². The number of amides is 5. The monoisotopic (exact) mass is 613 g/mol. The van der Waals surface area contributed by atoms with Gasteiger partial charge in [-0.2, -0.15) is 0 Å². The van der Waals surface area contributed by atoms with Gasteiger partial charge in [0.2, 0.25) is 29.9 Å². The molecular formula is C29H51N5O9. The Bertz CT molecular complexity index is 980. The van der Waals surface area contributed by atoms with E-state index in [9.17, 15) is 29.1 Å². The largest absolute Gasteiger partial charge is 0.394 e. The maximum Gasteiger partial charge on any atom is 0.279 e. The zero-order valence-electron chi connectivity index (χ0n) is 26.5. The first kappa shape index (κ1) is 36.4. The molecule has 5 unspecified atom stereocenters. The summed E-state index contributed by atoms with van der Waals surface area (Å²) in [5, 5.41) is 12.3. The minimum absolute atomic E-state index is 0.0606. The van der Waals surface area contributed by atoms with Crippen molar-refractivity contribution < 1.29 is 43.3 Å². The molecule has 0 radical (unpaired) electrons. The normalized spacial score (nSPS) is 24.7. The van der Waals surface area contributed by atoms with Gasteiger partial charge in [-0.25, -0.2) is 0 Å². The Morgan fingerprint density at radius 1 is 1.19 bits per heavy atom. The number of hydrogen-bond donors (Lipinski definition) is 3. The number of nitrogens with zero attached hydrogens (tertiary/aromatic N) is 3. The molecule has 0 aromatic heterocycles. The number of ether oxygens (including phenoxy) is 3. The second-order valence-electron chi connectivity index (χ2n) is 12.1. The summed E-state index contributed by atoms with van der Waals surface area (Å²) < 4.78 is 17.2. The summed E-state index contributed by atoms with van der Waals surface area (Å²) >= 11 is 0. The predicted molar refractivity (Wildman–Crippen MR) is 156 cm³/mol. The third-order valence-electron chi connectivity index (χ3n) is 8.16. The molecule has 3 saturated heterocycles. The van der Waals surface area contributed by atoms with Gasteiger partial charge in [0, 0.05) is 26.2 Å². The van der Waals surface area contributed by atoms with Crippen LogP contribution in [0.15, 0.2) is 0 Å². The van der Waals surface area contributed by atoms with E-state index in [0.717, 1.165) is 32.1 Å². The average molecular weight is 614 g/mol. The minimum Gasteiger partial charge on any atom is -0.394 e. The molecule has 43 heavy (non-hydrogen) atoms. The van der Waals surface area contributed by atoms with Crippen LogP contribution in [0.25, 0.3) is 0 Å². The van der Waals surface area contributed by atoms with Crippen molar-refractivity contribution in [1.82, 2.24) is 20.0 Å². The van der Waals surface area contributed by atoms with Gasteiger partial charge in [-0.15, -0.1) is 0 Å². The van der Waals surface area contributed by atoms with Gasteiger partial charge in [0.15, 0.2) is 0 Å². The van der Waals surface area contributed by atoms with E-state index in [1.165, 1.54) is 4.90 Å². The molecular weight excluding hydrogens is 562 g/mol. The highest BCUT2D eigenvalue weighted by Crippen LogP contribution is 2.39. The molecule has 246 valence electrons. The van der Waals surface area contributed by atoms with Crippen LogP contribution in [-0.2, 0) is 38.2 Å². The number of likely N-dealkylation sites (tertiary alicyclic amines) is 2. The smallest absolute Gasteiger partial charge is 0.279 e. The van der Waals surface area contributed by atoms with Crippen LogP contribution in [0.4, 0.5) is 0 Å². The zero-order valence-corrected chi connectivity index (χ0v) is 26.5. The van der Waals surface area contributed by atoms with Crippen molar-refractivity contribution in [3.63, 3.8) is 0 Å². The van der Waals surface area contributed by atoms with Crippen molar-refractivity contribution in [3.05, 3.63) is 0 Å². The van der Waals surface area contributed by atoms with Gasteiger partial charge in [0.1, 0.15) is 12.1 Å². The highest BCUT2D eigenvalue weighted by atomic mass is 16.6. The highest BCUT2D eigenvalue weighted by molar-refractivity contribution is 6.04. The van der Waals surface area contributed by atoms with Crippen LogP contribution in [0.2, 0.25) is 0 Å². The van der Waals surface area contributed by atoms with Gasteiger partial charge in [-0.1, -0.05) is 0 Å². The first-order chi connectivity index (χ1) is 20.2. The van der Waals surface area contributed by atoms with Gasteiger partial charge >= 0.3 is 0 Å². The third-order valence-corrected chi connectivity index (χ3v) is 8.16. The van der Waals surface area contributed by atoms with Crippen LogP contribution in [-0.4, -0.2) is 132 Å². The third kappa shape index (κ3) is 10.1. The lowest BCUT2D eigenvalue weighted by Crippen LogP contribution is -2.48. The molecule has 5 amide bonds. The number of nitrogens with two attached hydrogens (primary N) is 1. The summed E-state index contributed by atoms with van der Waals surface area (Å²) in [6.07, 6.45) is 4.73. The summed E-state index contributed by atoms with van der Waals surface area (Å²) in [6, 6.07) is -1.03. The number of nitrogens with one attached hydrogen (secondary N) is 1. The minimum atomic E-state index is -1.21. The van der Waals surface area contributed by atoms with Crippen molar-refractivity contribution in [3.8, 4) is 0 Å². The summed E-state index contributed by atoms with van der Waals surface area (Å²) in [5.74, 6) is -0.998. The van der Waals surface area contributed by atoms with Crippen LogP contribution in [0.5, 0.6) is 0 Å². The van der Waals surface area contributed by atoms with E-state index in [-0.39, 0.29) is 48.9 Å². The Labute approximate surface area is 254 Å². The molecule has 0 aromatic carbocycles. The van der Waals surface area contributed by atoms with Crippen molar-refractivity contribution in [2.75, 3.05) is 46.6 Å². The number of carbonyl (C=O) groups is 5. The van der Waals surface area contributed by atoms with Crippen LogP contribution < -0.4 is 11.1 Å². The van der Waals surface area contributed by atoms with Crippen LogP contribution in [0.3, 0.4) is 0 Å². The average Bonchev–Trinajstić information content (AvgIpc) is 3.36. The fraction of sp³-hybridized carbons (Fsp3) is 0.828. The maximum atomic E-state index is 12.8. The Balaban J connectivity index is 0.000000490. The first-order valence-corrected chi connectivity index (χ1v) is 15.1. The Hall–Kier alpha value is -2.81. The lowest BCUT2D eigenvalue weighted by Gasteiger charge is -2.28. The molecule has 5 atom stereocenters. The number of likely N-dealkylation sites (N-methyl/N-ethyl adjacent to an activating group) is 1. The van der Waals surface area contributed by atoms with Crippen molar-refractivity contribution in [1.29, 1.82) is 0 Å². The van der Waals surface area contributed by atoms with Gasteiger partial charge in [-0.05, 0) is 66.7 Å². The second-order valence-corrected chi connectivity index (χ2v) is 12.1. The van der Waals surface area contributed by atoms with E-state index in [1.807, 2.05) is 20.8 Å². The summed E-state index contributed by atoms with van der Waals surface area (Å²) in [7, 11) is 1.59. The Morgan fingerprint density at radius 3 is 2.42 bits per heavy atom. The topological polar surface area (TPSA) is 181 Å². The SMILES string of the molecule is CC(CC(N)=O)OCCOC(C)(C)CCOC1(C)C(=O)N1C(CO)C(=O)N1CCCC1C.CNC(=O)C1CCCN1C=O. The molecule has 0 aliphatic carbocycles. The van der Waals surface area contributed by atoms with Gasteiger partial charge < -0.3 is 40.2 Å². The van der Waals surface area contributed by atoms with E-state index >= 15 is 0 Å². The molecule has 4 N–H and O–H groups in total. The number of aliphatic hydroxyl groups is 1. The summed E-state index contributed by atoms with van der Waals surface area (Å²) in [4.78, 5) is 62.3. The van der Waals surface area contributed by atoms with E-state index in [2.05, 4.69) is 5.32 Å². The summed E-state index contributed by atoms with van der Waals surface area (Å²) in [5.41, 5.74) is 3.40. The van der Waals surface area contributed by atoms with Gasteiger partial charge in [0.25, 0.3) is 5.91 Å².